The van der Waals surface area contributed by atoms with E-state index in [1.807, 2.05) is 0 Å². The van der Waals surface area contributed by atoms with E-state index in [1.54, 1.807) is 12.1 Å². The van der Waals surface area contributed by atoms with E-state index in [-0.39, 0.29) is 22.6 Å². The van der Waals surface area contributed by atoms with Gasteiger partial charge in [0, 0.05) is 12.6 Å². The molecule has 0 radical (unpaired) electrons. The number of primary amides is 1. The minimum Gasteiger partial charge on any atom is -0.452 e. The van der Waals surface area contributed by atoms with Crippen molar-refractivity contribution < 1.29 is 28.7 Å². The monoisotopic (exact) mass is 381 g/mol. The Bertz CT molecular complexity index is 1010. The maximum atomic E-state index is 12.7. The molecule has 2 aromatic rings. The SMILES string of the molecule is CC(=O)Nc1ccc(N2C(=O)c3ccc(C(=O)OCC(N)=O)cc3C2=O)cc1. The molecule has 28 heavy (non-hydrogen) atoms. The van der Waals surface area contributed by atoms with Gasteiger partial charge in [-0.1, -0.05) is 0 Å². The number of carbonyl (C=O) groups excluding carboxylic acids is 5. The summed E-state index contributed by atoms with van der Waals surface area (Å²) < 4.78 is 4.71. The number of benzene rings is 2. The van der Waals surface area contributed by atoms with Crippen molar-refractivity contribution >= 4 is 41.0 Å². The zero-order valence-corrected chi connectivity index (χ0v) is 14.7. The van der Waals surface area contributed by atoms with E-state index >= 15 is 0 Å². The zero-order chi connectivity index (χ0) is 20.4. The number of ether oxygens (including phenoxy) is 1. The van der Waals surface area contributed by atoms with Gasteiger partial charge in [-0.05, 0) is 42.5 Å². The smallest absolute Gasteiger partial charge is 0.338 e. The van der Waals surface area contributed by atoms with E-state index in [2.05, 4.69) is 5.32 Å². The van der Waals surface area contributed by atoms with Crippen LogP contribution in [0.5, 0.6) is 0 Å². The number of anilines is 2. The molecule has 1 heterocycles. The Morgan fingerprint density at radius 1 is 1.00 bits per heavy atom. The lowest BCUT2D eigenvalue weighted by molar-refractivity contribution is -0.121. The Balaban J connectivity index is 1.86. The summed E-state index contributed by atoms with van der Waals surface area (Å²) in [5.41, 5.74) is 5.97. The van der Waals surface area contributed by atoms with Crippen molar-refractivity contribution in [3.05, 3.63) is 59.2 Å². The molecule has 0 saturated heterocycles. The van der Waals surface area contributed by atoms with Crippen LogP contribution in [0.4, 0.5) is 11.4 Å². The summed E-state index contributed by atoms with van der Waals surface area (Å²) in [6.07, 6.45) is 0. The molecule has 0 spiro atoms. The van der Waals surface area contributed by atoms with Crippen LogP contribution in [0.3, 0.4) is 0 Å². The standard InChI is InChI=1S/C19H15N3O6/c1-10(23)21-12-3-5-13(6-4-12)22-17(25)14-7-2-11(8-15(14)18(22)26)19(27)28-9-16(20)24/h2-8H,9H2,1H3,(H2,20,24)(H,21,23). The van der Waals surface area contributed by atoms with Gasteiger partial charge in [-0.25, -0.2) is 9.69 Å². The number of nitrogens with one attached hydrogen (secondary N) is 1. The molecular formula is C19H15N3O6. The minimum atomic E-state index is -0.833. The van der Waals surface area contributed by atoms with E-state index < -0.39 is 30.3 Å². The van der Waals surface area contributed by atoms with Crippen molar-refractivity contribution in [3.8, 4) is 0 Å². The second kappa shape index (κ2) is 7.31. The van der Waals surface area contributed by atoms with Gasteiger partial charge in [-0.15, -0.1) is 0 Å². The number of hydrogen-bond acceptors (Lipinski definition) is 6. The summed E-state index contributed by atoms with van der Waals surface area (Å²) in [6.45, 7) is 0.777. The van der Waals surface area contributed by atoms with Crippen molar-refractivity contribution in [3.63, 3.8) is 0 Å². The first-order valence-electron chi connectivity index (χ1n) is 8.14. The summed E-state index contributed by atoms with van der Waals surface area (Å²) in [5, 5.41) is 2.59. The lowest BCUT2D eigenvalue weighted by Crippen LogP contribution is -2.29. The van der Waals surface area contributed by atoms with Gasteiger partial charge >= 0.3 is 5.97 Å². The number of carbonyl (C=O) groups is 5. The third kappa shape index (κ3) is 3.58. The van der Waals surface area contributed by atoms with Gasteiger partial charge in [0.2, 0.25) is 5.91 Å². The first kappa shape index (κ1) is 18.8. The predicted molar refractivity (Wildman–Crippen MR) is 97.8 cm³/mol. The van der Waals surface area contributed by atoms with Crippen LogP contribution in [0.25, 0.3) is 0 Å². The number of nitrogens with two attached hydrogens (primary N) is 1. The number of imide groups is 1. The molecule has 4 amide bonds. The summed E-state index contributed by atoms with van der Waals surface area (Å²) in [5.74, 6) is -3.03. The highest BCUT2D eigenvalue weighted by Crippen LogP contribution is 2.30. The van der Waals surface area contributed by atoms with Gasteiger partial charge in [-0.3, -0.25) is 19.2 Å². The third-order valence-electron chi connectivity index (χ3n) is 3.91. The van der Waals surface area contributed by atoms with Crippen LogP contribution >= 0.6 is 0 Å². The Morgan fingerprint density at radius 3 is 2.25 bits per heavy atom. The lowest BCUT2D eigenvalue weighted by atomic mass is 10.1. The highest BCUT2D eigenvalue weighted by atomic mass is 16.5. The number of amides is 4. The topological polar surface area (TPSA) is 136 Å². The van der Waals surface area contributed by atoms with E-state index in [1.165, 1.54) is 37.3 Å². The van der Waals surface area contributed by atoms with Gasteiger partial charge in [-0.2, -0.15) is 0 Å². The fourth-order valence-electron chi connectivity index (χ4n) is 2.72. The molecule has 142 valence electrons. The number of rotatable bonds is 5. The number of hydrogen-bond donors (Lipinski definition) is 2. The fourth-order valence-corrected chi connectivity index (χ4v) is 2.72. The van der Waals surface area contributed by atoms with E-state index in [4.69, 9.17) is 10.5 Å². The number of fused-ring (bicyclic) bond motifs is 1. The number of esters is 1. The van der Waals surface area contributed by atoms with Crippen LogP contribution in [0, 0.1) is 0 Å². The van der Waals surface area contributed by atoms with Crippen LogP contribution in [-0.4, -0.2) is 36.2 Å². The van der Waals surface area contributed by atoms with E-state index in [0.29, 0.717) is 11.4 Å². The molecule has 1 aliphatic rings. The van der Waals surface area contributed by atoms with Crippen LogP contribution < -0.4 is 16.0 Å². The van der Waals surface area contributed by atoms with Crippen LogP contribution in [-0.2, 0) is 14.3 Å². The molecule has 3 rings (SSSR count). The quantitative estimate of drug-likeness (QED) is 0.588. The van der Waals surface area contributed by atoms with Crippen molar-refractivity contribution in [2.24, 2.45) is 5.73 Å². The second-order valence-corrected chi connectivity index (χ2v) is 5.98. The van der Waals surface area contributed by atoms with Gasteiger partial charge in [0.25, 0.3) is 17.7 Å². The maximum absolute atomic E-state index is 12.7. The third-order valence-corrected chi connectivity index (χ3v) is 3.91. The molecule has 0 fully saturated rings. The molecule has 0 atom stereocenters. The Hall–Kier alpha value is -4.01. The summed E-state index contributed by atoms with van der Waals surface area (Å²) in [7, 11) is 0. The van der Waals surface area contributed by atoms with Crippen molar-refractivity contribution in [2.45, 2.75) is 6.92 Å². The maximum Gasteiger partial charge on any atom is 0.338 e. The molecule has 9 heteroatoms. The summed E-state index contributed by atoms with van der Waals surface area (Å²) >= 11 is 0. The van der Waals surface area contributed by atoms with E-state index in [9.17, 15) is 24.0 Å². The Labute approximate surface area is 159 Å². The average Bonchev–Trinajstić information content (AvgIpc) is 2.90. The van der Waals surface area contributed by atoms with Gasteiger partial charge in [0.1, 0.15) is 0 Å². The predicted octanol–water partition coefficient (Wildman–Crippen LogP) is 1.09. The second-order valence-electron chi connectivity index (χ2n) is 5.98. The number of nitrogens with zero attached hydrogens (tertiary/aromatic N) is 1. The first-order valence-corrected chi connectivity index (χ1v) is 8.14. The minimum absolute atomic E-state index is 0.0176. The molecule has 2 aromatic carbocycles. The van der Waals surface area contributed by atoms with Gasteiger partial charge in [0.05, 0.1) is 22.4 Å². The Kier molecular flexibility index (Phi) is 4.90. The van der Waals surface area contributed by atoms with Gasteiger partial charge in [0.15, 0.2) is 6.61 Å². The molecule has 0 unspecified atom stereocenters. The Morgan fingerprint density at radius 2 is 1.64 bits per heavy atom. The molecule has 1 aliphatic heterocycles. The molecular weight excluding hydrogens is 366 g/mol. The molecule has 9 nitrogen and oxygen atoms in total. The lowest BCUT2D eigenvalue weighted by Gasteiger charge is -2.14. The first-order chi connectivity index (χ1) is 13.3. The van der Waals surface area contributed by atoms with Crippen molar-refractivity contribution in [1.29, 1.82) is 0 Å². The summed E-state index contributed by atoms with van der Waals surface area (Å²) in [6, 6.07) is 10.1. The highest BCUT2D eigenvalue weighted by molar-refractivity contribution is 6.34. The molecule has 0 bridgehead atoms. The van der Waals surface area contributed by atoms with Crippen molar-refractivity contribution in [1.82, 2.24) is 0 Å². The normalized spacial score (nSPS) is 12.5. The van der Waals surface area contributed by atoms with E-state index in [0.717, 1.165) is 4.90 Å². The van der Waals surface area contributed by atoms with Gasteiger partial charge < -0.3 is 15.8 Å². The molecule has 0 saturated carbocycles. The largest absolute Gasteiger partial charge is 0.452 e. The van der Waals surface area contributed by atoms with Crippen LogP contribution in [0.2, 0.25) is 0 Å². The van der Waals surface area contributed by atoms with Crippen LogP contribution in [0.15, 0.2) is 42.5 Å². The van der Waals surface area contributed by atoms with Crippen LogP contribution in [0.1, 0.15) is 38.0 Å². The molecule has 3 N–H and O–H groups in total. The zero-order valence-electron chi connectivity index (χ0n) is 14.7. The molecule has 0 aromatic heterocycles. The molecule has 0 aliphatic carbocycles. The summed E-state index contributed by atoms with van der Waals surface area (Å²) in [4.78, 5) is 60.1. The fraction of sp³-hybridized carbons (Fsp3) is 0.105. The average molecular weight is 381 g/mol. The van der Waals surface area contributed by atoms with Crippen molar-refractivity contribution in [2.75, 3.05) is 16.8 Å². The highest BCUT2D eigenvalue weighted by Gasteiger charge is 2.37.